The van der Waals surface area contributed by atoms with Gasteiger partial charge in [-0.1, -0.05) is 175 Å². The van der Waals surface area contributed by atoms with Crippen LogP contribution in [0.3, 0.4) is 0 Å². The van der Waals surface area contributed by atoms with E-state index in [4.69, 9.17) is 9.05 Å². The summed E-state index contributed by atoms with van der Waals surface area (Å²) in [5, 5.41) is 13.7. The van der Waals surface area contributed by atoms with Gasteiger partial charge >= 0.3 is 7.82 Å². The Balaban J connectivity index is 4.08. The number of amides is 1. The topological polar surface area (TPSA) is 105 Å². The summed E-state index contributed by atoms with van der Waals surface area (Å²) in [6, 6.07) is -0.775. The van der Waals surface area contributed by atoms with E-state index in [1.807, 2.05) is 21.1 Å². The number of unbranched alkanes of at least 4 members (excludes halogenated alkanes) is 9. The number of nitrogens with zero attached hydrogens (tertiary/aromatic N) is 1. The van der Waals surface area contributed by atoms with Crippen molar-refractivity contribution in [3.63, 3.8) is 0 Å². The highest BCUT2D eigenvalue weighted by Crippen LogP contribution is 2.43. The van der Waals surface area contributed by atoms with Gasteiger partial charge < -0.3 is 19.8 Å². The minimum Gasteiger partial charge on any atom is -0.391 e. The maximum Gasteiger partial charge on any atom is 0.472 e. The van der Waals surface area contributed by atoms with Crippen LogP contribution >= 0.6 is 7.82 Å². The Kier molecular flexibility index (Phi) is 39.5. The summed E-state index contributed by atoms with van der Waals surface area (Å²) < 4.78 is 23.4. The van der Waals surface area contributed by atoms with Crippen LogP contribution < -0.4 is 5.32 Å². The van der Waals surface area contributed by atoms with Crippen molar-refractivity contribution >= 4 is 13.7 Å². The number of carbonyl (C=O) groups is 1. The number of quaternary nitrogens is 1. The van der Waals surface area contributed by atoms with Crippen LogP contribution in [0.4, 0.5) is 0 Å². The summed E-state index contributed by atoms with van der Waals surface area (Å²) >= 11 is 0. The number of rotatable bonds is 40. The van der Waals surface area contributed by atoms with Gasteiger partial charge in [0, 0.05) is 6.42 Å². The molecular formula is C51H88N2O6P+. The number of phosphoric ester groups is 1. The molecule has 0 radical (unpaired) electrons. The van der Waals surface area contributed by atoms with Crippen molar-refractivity contribution in [3.05, 3.63) is 109 Å². The van der Waals surface area contributed by atoms with Crippen LogP contribution in [-0.4, -0.2) is 73.4 Å². The summed E-state index contributed by atoms with van der Waals surface area (Å²) in [5.41, 5.74) is 0. The molecule has 0 aromatic carbocycles. The molecule has 60 heavy (non-hydrogen) atoms. The molecule has 0 aliphatic heterocycles. The van der Waals surface area contributed by atoms with Gasteiger partial charge in [0.05, 0.1) is 39.9 Å². The molecule has 0 heterocycles. The fourth-order valence-corrected chi connectivity index (χ4v) is 6.59. The lowest BCUT2D eigenvalue weighted by molar-refractivity contribution is -0.870. The standard InChI is InChI=1S/C51H87N2O6P/c1-6-8-10-12-13-14-15-16-17-18-19-20-21-22-23-24-25-26-27-28-29-30-31-32-33-34-35-36-37-38-39-41-43-45-51(55)52-49(50(54)44-42-40-11-9-7-2)48-59-60(56,57)58-47-46-53(3,4)5/h8,10,13-14,16-17,19-20,22-23,25-26,28-29,31-32,34-35,49-50,54H,6-7,9,11-12,15,18,21,24,27,30,33,36-48H2,1-5H3,(H-,52,55,56,57)/p+1/b10-8-,14-13-,17-16-,20-19-,23-22-,26-25-,29-28-,32-31-,35-34-. The van der Waals surface area contributed by atoms with Crippen molar-refractivity contribution in [2.75, 3.05) is 40.9 Å². The first kappa shape index (κ1) is 57.2. The van der Waals surface area contributed by atoms with Crippen LogP contribution in [-0.2, 0) is 18.4 Å². The average Bonchev–Trinajstić information content (AvgIpc) is 3.20. The molecule has 3 N–H and O–H groups in total. The van der Waals surface area contributed by atoms with Crippen LogP contribution in [0.1, 0.15) is 155 Å². The highest BCUT2D eigenvalue weighted by molar-refractivity contribution is 7.47. The number of aliphatic hydroxyl groups excluding tert-OH is 1. The first-order valence-corrected chi connectivity index (χ1v) is 24.7. The molecule has 0 spiro atoms. The van der Waals surface area contributed by atoms with E-state index in [1.165, 1.54) is 0 Å². The smallest absolute Gasteiger partial charge is 0.391 e. The van der Waals surface area contributed by atoms with Crippen LogP contribution in [0, 0.1) is 0 Å². The van der Waals surface area contributed by atoms with Gasteiger partial charge in [0.25, 0.3) is 0 Å². The van der Waals surface area contributed by atoms with Crippen LogP contribution in [0.5, 0.6) is 0 Å². The first-order chi connectivity index (χ1) is 29.0. The van der Waals surface area contributed by atoms with E-state index in [9.17, 15) is 19.4 Å². The van der Waals surface area contributed by atoms with Crippen LogP contribution in [0.25, 0.3) is 0 Å². The lowest BCUT2D eigenvalue weighted by Gasteiger charge is -2.26. The van der Waals surface area contributed by atoms with E-state index < -0.39 is 20.0 Å². The molecule has 0 saturated heterocycles. The van der Waals surface area contributed by atoms with Gasteiger partial charge in [-0.2, -0.15) is 0 Å². The van der Waals surface area contributed by atoms with Gasteiger partial charge in [-0.25, -0.2) is 4.57 Å². The Morgan fingerprint density at radius 2 is 1.00 bits per heavy atom. The zero-order valence-electron chi connectivity index (χ0n) is 38.6. The predicted molar refractivity (Wildman–Crippen MR) is 258 cm³/mol. The highest BCUT2D eigenvalue weighted by atomic mass is 31.2. The van der Waals surface area contributed by atoms with E-state index in [-0.39, 0.29) is 19.1 Å². The molecule has 8 nitrogen and oxygen atoms in total. The van der Waals surface area contributed by atoms with Gasteiger partial charge in [0.1, 0.15) is 13.2 Å². The Labute approximate surface area is 368 Å². The number of allylic oxidation sites excluding steroid dienone is 18. The van der Waals surface area contributed by atoms with Gasteiger partial charge in [0.2, 0.25) is 5.91 Å². The monoisotopic (exact) mass is 856 g/mol. The number of likely N-dealkylation sites (N-methyl/N-ethyl adjacent to an activating group) is 1. The molecule has 0 aromatic rings. The summed E-state index contributed by atoms with van der Waals surface area (Å²) in [4.78, 5) is 23.0. The van der Waals surface area contributed by atoms with E-state index in [1.54, 1.807) is 0 Å². The van der Waals surface area contributed by atoms with Crippen molar-refractivity contribution < 1.29 is 32.9 Å². The van der Waals surface area contributed by atoms with Crippen molar-refractivity contribution in [2.24, 2.45) is 0 Å². The molecule has 0 aromatic heterocycles. The minimum absolute atomic E-state index is 0.0632. The zero-order valence-corrected chi connectivity index (χ0v) is 39.5. The van der Waals surface area contributed by atoms with Gasteiger partial charge in [-0.05, 0) is 83.5 Å². The number of carbonyl (C=O) groups excluding carboxylic acids is 1. The number of hydrogen-bond donors (Lipinski definition) is 3. The molecule has 3 unspecified atom stereocenters. The second kappa shape index (κ2) is 41.5. The van der Waals surface area contributed by atoms with E-state index in [0.29, 0.717) is 23.9 Å². The third-order valence-electron chi connectivity index (χ3n) is 9.54. The van der Waals surface area contributed by atoms with Crippen molar-refractivity contribution in [3.8, 4) is 0 Å². The van der Waals surface area contributed by atoms with E-state index in [2.05, 4.69) is 129 Å². The maximum atomic E-state index is 12.8. The van der Waals surface area contributed by atoms with E-state index >= 15 is 0 Å². The Morgan fingerprint density at radius 1 is 0.583 bits per heavy atom. The third kappa shape index (κ3) is 43.3. The number of phosphoric acid groups is 1. The van der Waals surface area contributed by atoms with Gasteiger partial charge in [-0.3, -0.25) is 13.8 Å². The Hall–Kier alpha value is -2.84. The third-order valence-corrected chi connectivity index (χ3v) is 10.5. The summed E-state index contributed by atoms with van der Waals surface area (Å²) in [6.45, 7) is 4.63. The number of nitrogens with one attached hydrogen (secondary N) is 1. The SMILES string of the molecule is CC/C=C\C/C=C\C/C=C\C/C=C\C/C=C\C/C=C\C/C=C\C/C=C\C/C=C\CCCCCCCC(=O)NC(COP(=O)(O)OCC[N+](C)(C)C)C(O)CCCCCCC. The summed E-state index contributed by atoms with van der Waals surface area (Å²) in [6.07, 6.45) is 60.3. The van der Waals surface area contributed by atoms with Gasteiger partial charge in [-0.15, -0.1) is 0 Å². The zero-order chi connectivity index (χ0) is 44.3. The van der Waals surface area contributed by atoms with Crippen LogP contribution in [0.2, 0.25) is 0 Å². The minimum atomic E-state index is -4.31. The molecule has 9 heteroatoms. The van der Waals surface area contributed by atoms with Crippen molar-refractivity contribution in [2.45, 2.75) is 167 Å². The molecule has 342 valence electrons. The Bertz CT molecular complexity index is 1340. The molecule has 0 saturated carbocycles. The molecule has 0 rings (SSSR count). The quantitative estimate of drug-likeness (QED) is 0.0245. The van der Waals surface area contributed by atoms with Gasteiger partial charge in [0.15, 0.2) is 0 Å². The first-order valence-electron chi connectivity index (χ1n) is 23.3. The van der Waals surface area contributed by atoms with Crippen molar-refractivity contribution in [1.29, 1.82) is 0 Å². The molecule has 0 aliphatic rings. The lowest BCUT2D eigenvalue weighted by atomic mass is 10.0. The van der Waals surface area contributed by atoms with Crippen molar-refractivity contribution in [1.82, 2.24) is 5.32 Å². The summed E-state index contributed by atoms with van der Waals surface area (Å²) in [5.74, 6) is -0.177. The lowest BCUT2D eigenvalue weighted by Crippen LogP contribution is -2.46. The second-order valence-corrected chi connectivity index (χ2v) is 17.9. The molecule has 3 atom stereocenters. The normalized spacial score (nSPS) is 15.2. The fourth-order valence-electron chi connectivity index (χ4n) is 5.86. The maximum absolute atomic E-state index is 12.8. The molecule has 0 fully saturated rings. The largest absolute Gasteiger partial charge is 0.472 e. The number of hydrogen-bond acceptors (Lipinski definition) is 5. The molecule has 0 bridgehead atoms. The predicted octanol–water partition coefficient (Wildman–Crippen LogP) is 13.3. The van der Waals surface area contributed by atoms with Crippen LogP contribution in [0.15, 0.2) is 109 Å². The fraction of sp³-hybridized carbons (Fsp3) is 0.627. The molecular weight excluding hydrogens is 768 g/mol. The summed E-state index contributed by atoms with van der Waals surface area (Å²) in [7, 11) is 1.57. The average molecular weight is 856 g/mol. The molecule has 0 aliphatic carbocycles. The van der Waals surface area contributed by atoms with E-state index in [0.717, 1.165) is 128 Å². The second-order valence-electron chi connectivity index (χ2n) is 16.4. The highest BCUT2D eigenvalue weighted by Gasteiger charge is 2.28. The molecule has 1 amide bonds. The Morgan fingerprint density at radius 3 is 1.47 bits per heavy atom. The number of aliphatic hydroxyl groups is 1.